The number of nitrogen functional groups attached to an aromatic ring is 1. The topological polar surface area (TPSA) is 70.3 Å². The summed E-state index contributed by atoms with van der Waals surface area (Å²) in [6, 6.07) is 5.46. The number of aromatic nitrogens is 2. The summed E-state index contributed by atoms with van der Waals surface area (Å²) in [4.78, 5) is 8.18. The molecule has 2 aromatic rings. The summed E-state index contributed by atoms with van der Waals surface area (Å²) in [5.41, 5.74) is 6.70. The van der Waals surface area contributed by atoms with E-state index >= 15 is 0 Å². The summed E-state index contributed by atoms with van der Waals surface area (Å²) in [6.45, 7) is 4.04. The molecule has 0 radical (unpaired) electrons. The van der Waals surface area contributed by atoms with E-state index in [1.54, 1.807) is 7.11 Å². The second-order valence-corrected chi connectivity index (χ2v) is 5.39. The van der Waals surface area contributed by atoms with Crippen molar-refractivity contribution in [2.45, 2.75) is 19.8 Å². The molecule has 2 N–H and O–H groups in total. The lowest BCUT2D eigenvalue weighted by Crippen LogP contribution is -2.04. The molecule has 20 heavy (non-hydrogen) atoms. The summed E-state index contributed by atoms with van der Waals surface area (Å²) in [5, 5.41) is 0. The Morgan fingerprint density at radius 1 is 1.25 bits per heavy atom. The molecule has 106 valence electrons. The van der Waals surface area contributed by atoms with Gasteiger partial charge in [-0.05, 0) is 40.0 Å². The first-order valence-electron chi connectivity index (χ1n) is 6.14. The number of methoxy groups -OCH3 is 1. The normalized spacial score (nSPS) is 10.7. The van der Waals surface area contributed by atoms with Crippen molar-refractivity contribution < 1.29 is 9.47 Å². The van der Waals surface area contributed by atoms with Crippen LogP contribution in [0.2, 0.25) is 0 Å². The third-order valence-electron chi connectivity index (χ3n) is 2.80. The molecule has 0 bridgehead atoms. The first kappa shape index (κ1) is 14.6. The molecule has 0 fully saturated rings. The van der Waals surface area contributed by atoms with E-state index in [1.165, 1.54) is 6.33 Å². The van der Waals surface area contributed by atoms with E-state index in [-0.39, 0.29) is 5.92 Å². The fourth-order valence-corrected chi connectivity index (χ4v) is 2.25. The predicted molar refractivity (Wildman–Crippen MR) is 81.3 cm³/mol. The maximum Gasteiger partial charge on any atom is 0.227 e. The molecular formula is C14H16BrN3O2. The lowest BCUT2D eigenvalue weighted by atomic mass is 10.1. The molecule has 1 aromatic heterocycles. The number of ether oxygens (including phenoxy) is 2. The van der Waals surface area contributed by atoms with E-state index in [1.807, 2.05) is 32.0 Å². The van der Waals surface area contributed by atoms with Gasteiger partial charge in [-0.25, -0.2) is 9.97 Å². The molecule has 0 aliphatic rings. The molecule has 0 aliphatic heterocycles. The summed E-state index contributed by atoms with van der Waals surface area (Å²) in [6.07, 6.45) is 1.40. The number of halogens is 1. The molecule has 0 aliphatic carbocycles. The van der Waals surface area contributed by atoms with Crippen LogP contribution in [0.5, 0.6) is 17.4 Å². The van der Waals surface area contributed by atoms with Crippen LogP contribution in [-0.2, 0) is 0 Å². The van der Waals surface area contributed by atoms with Gasteiger partial charge in [-0.2, -0.15) is 0 Å². The van der Waals surface area contributed by atoms with Gasteiger partial charge in [0.25, 0.3) is 0 Å². The largest absolute Gasteiger partial charge is 0.497 e. The van der Waals surface area contributed by atoms with E-state index in [9.17, 15) is 0 Å². The van der Waals surface area contributed by atoms with Crippen molar-refractivity contribution in [2.24, 2.45) is 0 Å². The zero-order chi connectivity index (χ0) is 14.7. The minimum Gasteiger partial charge on any atom is -0.497 e. The fraction of sp³-hybridized carbons (Fsp3) is 0.286. The van der Waals surface area contributed by atoms with E-state index in [0.29, 0.717) is 17.4 Å². The number of hydrogen-bond donors (Lipinski definition) is 1. The second kappa shape index (κ2) is 6.09. The number of anilines is 1. The van der Waals surface area contributed by atoms with Crippen molar-refractivity contribution in [3.63, 3.8) is 0 Å². The van der Waals surface area contributed by atoms with E-state index < -0.39 is 0 Å². The Morgan fingerprint density at radius 3 is 2.60 bits per heavy atom. The number of rotatable bonds is 4. The van der Waals surface area contributed by atoms with Crippen molar-refractivity contribution in [3.05, 3.63) is 34.6 Å². The Labute approximate surface area is 126 Å². The van der Waals surface area contributed by atoms with Crippen molar-refractivity contribution in [3.8, 4) is 17.4 Å². The third-order valence-corrected chi connectivity index (χ3v) is 3.42. The maximum atomic E-state index is 5.90. The summed E-state index contributed by atoms with van der Waals surface area (Å²) in [7, 11) is 1.62. The third kappa shape index (κ3) is 3.01. The minimum absolute atomic E-state index is 0.170. The highest BCUT2D eigenvalue weighted by Crippen LogP contribution is 2.36. The second-order valence-electron chi connectivity index (χ2n) is 4.53. The van der Waals surface area contributed by atoms with Crippen LogP contribution in [-0.4, -0.2) is 17.1 Å². The van der Waals surface area contributed by atoms with Gasteiger partial charge >= 0.3 is 0 Å². The lowest BCUT2D eigenvalue weighted by Gasteiger charge is -2.14. The van der Waals surface area contributed by atoms with Crippen molar-refractivity contribution in [1.82, 2.24) is 9.97 Å². The average molecular weight is 338 g/mol. The van der Waals surface area contributed by atoms with Crippen molar-refractivity contribution in [2.75, 3.05) is 12.8 Å². The van der Waals surface area contributed by atoms with Gasteiger partial charge in [-0.15, -0.1) is 0 Å². The van der Waals surface area contributed by atoms with Crippen LogP contribution in [0.3, 0.4) is 0 Å². The number of nitrogens with zero attached hydrogens (tertiary/aromatic N) is 2. The molecule has 1 aromatic carbocycles. The summed E-state index contributed by atoms with van der Waals surface area (Å²) in [5.74, 6) is 2.47. The highest BCUT2D eigenvalue weighted by Gasteiger charge is 2.16. The first-order chi connectivity index (χ1) is 9.52. The number of hydrogen-bond acceptors (Lipinski definition) is 5. The monoisotopic (exact) mass is 337 g/mol. The van der Waals surface area contributed by atoms with Crippen molar-refractivity contribution in [1.29, 1.82) is 0 Å². The zero-order valence-corrected chi connectivity index (χ0v) is 13.1. The van der Waals surface area contributed by atoms with Crippen LogP contribution < -0.4 is 15.2 Å². The quantitative estimate of drug-likeness (QED) is 0.919. The van der Waals surface area contributed by atoms with Gasteiger partial charge in [0.15, 0.2) is 0 Å². The highest BCUT2D eigenvalue weighted by molar-refractivity contribution is 9.10. The highest BCUT2D eigenvalue weighted by atomic mass is 79.9. The van der Waals surface area contributed by atoms with E-state index in [4.69, 9.17) is 15.2 Å². The van der Waals surface area contributed by atoms with E-state index in [0.717, 1.165) is 15.8 Å². The summed E-state index contributed by atoms with van der Waals surface area (Å²) >= 11 is 3.45. The molecule has 0 unspecified atom stereocenters. The Hall–Kier alpha value is -1.82. The molecule has 0 saturated carbocycles. The smallest absolute Gasteiger partial charge is 0.227 e. The molecule has 1 heterocycles. The van der Waals surface area contributed by atoms with Gasteiger partial charge < -0.3 is 15.2 Å². The van der Waals surface area contributed by atoms with Crippen LogP contribution in [0.15, 0.2) is 29.0 Å². The molecule has 0 spiro atoms. The first-order valence-corrected chi connectivity index (χ1v) is 6.94. The standard InChI is InChI=1S/C14H16BrN3O2/c1-8(2)12-13(16)17-7-18-14(12)20-11-5-4-9(19-3)6-10(11)15/h4-8H,1-3H3,(H2,16,17,18). The maximum absolute atomic E-state index is 5.90. The Bertz CT molecular complexity index is 617. The zero-order valence-electron chi connectivity index (χ0n) is 11.6. The average Bonchev–Trinajstić information content (AvgIpc) is 2.40. The fourth-order valence-electron chi connectivity index (χ4n) is 1.81. The summed E-state index contributed by atoms with van der Waals surface area (Å²) < 4.78 is 11.8. The van der Waals surface area contributed by atoms with Gasteiger partial charge in [0.1, 0.15) is 23.6 Å². The molecular weight excluding hydrogens is 322 g/mol. The van der Waals surface area contributed by atoms with Crippen molar-refractivity contribution >= 4 is 21.7 Å². The molecule has 0 atom stereocenters. The van der Waals surface area contributed by atoms with Gasteiger partial charge in [0, 0.05) is 0 Å². The van der Waals surface area contributed by atoms with Gasteiger partial charge in [-0.1, -0.05) is 13.8 Å². The molecule has 0 amide bonds. The Kier molecular flexibility index (Phi) is 4.44. The minimum atomic E-state index is 0.170. The molecule has 2 rings (SSSR count). The predicted octanol–water partition coefficient (Wildman–Crippen LogP) is 3.75. The van der Waals surface area contributed by atoms with Gasteiger partial charge in [0.05, 0.1) is 17.1 Å². The van der Waals surface area contributed by atoms with Crippen LogP contribution >= 0.6 is 15.9 Å². The SMILES string of the molecule is COc1ccc(Oc2ncnc(N)c2C(C)C)c(Br)c1. The molecule has 6 heteroatoms. The van der Waals surface area contributed by atoms with Crippen LogP contribution in [0.4, 0.5) is 5.82 Å². The Morgan fingerprint density at radius 2 is 2.00 bits per heavy atom. The van der Waals surface area contributed by atoms with Crippen LogP contribution in [0.25, 0.3) is 0 Å². The van der Waals surface area contributed by atoms with E-state index in [2.05, 4.69) is 25.9 Å². The van der Waals surface area contributed by atoms with Crippen LogP contribution in [0.1, 0.15) is 25.3 Å². The number of nitrogens with two attached hydrogens (primary N) is 1. The number of benzene rings is 1. The van der Waals surface area contributed by atoms with Gasteiger partial charge in [-0.3, -0.25) is 0 Å². The van der Waals surface area contributed by atoms with Gasteiger partial charge in [0.2, 0.25) is 5.88 Å². The lowest BCUT2D eigenvalue weighted by molar-refractivity contribution is 0.410. The molecule has 0 saturated heterocycles. The Balaban J connectivity index is 2.38. The van der Waals surface area contributed by atoms with Crippen LogP contribution in [0, 0.1) is 0 Å². The molecule has 5 nitrogen and oxygen atoms in total.